The first-order chi connectivity index (χ1) is 11.7. The molecule has 0 heterocycles. The minimum absolute atomic E-state index is 0.0487. The van der Waals surface area contributed by atoms with Crippen molar-refractivity contribution >= 4 is 11.8 Å². The van der Waals surface area contributed by atoms with Gasteiger partial charge in [-0.3, -0.25) is 20.4 Å². The highest BCUT2D eigenvalue weighted by molar-refractivity contribution is 5.85. The number of rotatable bonds is 6. The first kappa shape index (κ1) is 16.2. The molecule has 1 saturated carbocycles. The predicted molar refractivity (Wildman–Crippen MR) is 89.7 cm³/mol. The lowest BCUT2D eigenvalue weighted by atomic mass is 10.0. The maximum atomic E-state index is 11.9. The average Bonchev–Trinajstić information content (AvgIpc) is 3.47. The van der Waals surface area contributed by atoms with E-state index in [-0.39, 0.29) is 30.4 Å². The molecule has 0 saturated heterocycles. The van der Waals surface area contributed by atoms with Crippen LogP contribution in [0.4, 0.5) is 0 Å². The van der Waals surface area contributed by atoms with E-state index in [1.54, 1.807) is 0 Å². The van der Waals surface area contributed by atoms with Gasteiger partial charge in [-0.05, 0) is 24.0 Å². The van der Waals surface area contributed by atoms with E-state index in [4.69, 9.17) is 4.74 Å². The number of carbonyl (C=O) groups is 2. The van der Waals surface area contributed by atoms with Gasteiger partial charge in [0.15, 0.2) is 0 Å². The minimum atomic E-state index is -0.374. The van der Waals surface area contributed by atoms with Gasteiger partial charge in [-0.2, -0.15) is 0 Å². The van der Waals surface area contributed by atoms with E-state index in [2.05, 4.69) is 10.9 Å². The van der Waals surface area contributed by atoms with Crippen LogP contribution in [0.3, 0.4) is 0 Å². The molecule has 1 aliphatic rings. The molecule has 5 heteroatoms. The third-order valence-corrected chi connectivity index (χ3v) is 3.86. The molecule has 1 fully saturated rings. The largest absolute Gasteiger partial charge is 0.359 e. The summed E-state index contributed by atoms with van der Waals surface area (Å²) in [5.41, 5.74) is 6.77. The van der Waals surface area contributed by atoms with Gasteiger partial charge in [0.2, 0.25) is 5.91 Å². The number of hydrogen-bond donors (Lipinski definition) is 2. The fraction of sp³-hybridized carbons (Fsp3) is 0.263. The summed E-state index contributed by atoms with van der Waals surface area (Å²) in [5, 5.41) is 0. The van der Waals surface area contributed by atoms with Crippen molar-refractivity contribution in [3.63, 3.8) is 0 Å². The monoisotopic (exact) mass is 324 g/mol. The van der Waals surface area contributed by atoms with Crippen LogP contribution in [0, 0.1) is 5.92 Å². The van der Waals surface area contributed by atoms with Crippen molar-refractivity contribution in [1.29, 1.82) is 0 Å². The summed E-state index contributed by atoms with van der Waals surface area (Å²) in [6, 6.07) is 19.5. The molecule has 2 aromatic rings. The van der Waals surface area contributed by atoms with Crippen molar-refractivity contribution < 1.29 is 14.3 Å². The SMILES string of the molecule is O=C(COC(c1ccccc1)c1ccccc1)NNC(=O)C1CC1. The number of benzene rings is 2. The summed E-state index contributed by atoms with van der Waals surface area (Å²) in [6.45, 7) is -0.139. The van der Waals surface area contributed by atoms with Gasteiger partial charge in [0, 0.05) is 5.92 Å². The van der Waals surface area contributed by atoms with Crippen molar-refractivity contribution in [1.82, 2.24) is 10.9 Å². The molecular formula is C19H20N2O3. The topological polar surface area (TPSA) is 67.4 Å². The number of hydrogen-bond acceptors (Lipinski definition) is 3. The van der Waals surface area contributed by atoms with Crippen LogP contribution in [-0.4, -0.2) is 18.4 Å². The summed E-state index contributed by atoms with van der Waals surface area (Å²) in [5.74, 6) is -0.459. The third-order valence-electron chi connectivity index (χ3n) is 3.86. The Kier molecular flexibility index (Phi) is 5.23. The number of carbonyl (C=O) groups excluding carboxylic acids is 2. The third kappa shape index (κ3) is 4.43. The molecule has 2 N–H and O–H groups in total. The average molecular weight is 324 g/mol. The Hall–Kier alpha value is -2.66. The molecule has 0 unspecified atom stereocenters. The molecule has 1 aliphatic carbocycles. The summed E-state index contributed by atoms with van der Waals surface area (Å²) >= 11 is 0. The van der Waals surface area contributed by atoms with Gasteiger partial charge in [0.25, 0.3) is 5.91 Å². The predicted octanol–water partition coefficient (Wildman–Crippen LogP) is 2.35. The van der Waals surface area contributed by atoms with Crippen LogP contribution in [0.15, 0.2) is 60.7 Å². The van der Waals surface area contributed by atoms with E-state index < -0.39 is 0 Å². The van der Waals surface area contributed by atoms with Crippen LogP contribution in [0.2, 0.25) is 0 Å². The Labute approximate surface area is 141 Å². The van der Waals surface area contributed by atoms with Gasteiger partial charge in [-0.15, -0.1) is 0 Å². The molecule has 0 bridgehead atoms. The van der Waals surface area contributed by atoms with Crippen molar-refractivity contribution in [3.8, 4) is 0 Å². The zero-order chi connectivity index (χ0) is 16.8. The lowest BCUT2D eigenvalue weighted by Crippen LogP contribution is -2.44. The Morgan fingerprint density at radius 3 is 1.96 bits per heavy atom. The van der Waals surface area contributed by atoms with Crippen molar-refractivity contribution in [2.24, 2.45) is 5.92 Å². The Morgan fingerprint density at radius 1 is 0.917 bits per heavy atom. The Morgan fingerprint density at radius 2 is 1.46 bits per heavy atom. The van der Waals surface area contributed by atoms with Crippen LogP contribution < -0.4 is 10.9 Å². The number of amides is 2. The number of ether oxygens (including phenoxy) is 1. The van der Waals surface area contributed by atoms with E-state index >= 15 is 0 Å². The van der Waals surface area contributed by atoms with Gasteiger partial charge >= 0.3 is 0 Å². The second kappa shape index (κ2) is 7.75. The second-order valence-electron chi connectivity index (χ2n) is 5.82. The van der Waals surface area contributed by atoms with Crippen molar-refractivity contribution in [3.05, 3.63) is 71.8 Å². The lowest BCUT2D eigenvalue weighted by Gasteiger charge is -2.19. The molecule has 5 nitrogen and oxygen atoms in total. The summed E-state index contributed by atoms with van der Waals surface area (Å²) in [7, 11) is 0. The van der Waals surface area contributed by atoms with E-state index in [1.165, 1.54) is 0 Å². The van der Waals surface area contributed by atoms with Gasteiger partial charge in [0.1, 0.15) is 12.7 Å². The van der Waals surface area contributed by atoms with Crippen molar-refractivity contribution in [2.75, 3.05) is 6.61 Å². The Bertz CT molecular complexity index is 645. The van der Waals surface area contributed by atoms with E-state index in [9.17, 15) is 9.59 Å². The van der Waals surface area contributed by atoms with Crippen LogP contribution in [-0.2, 0) is 14.3 Å². The molecule has 0 aromatic heterocycles. The second-order valence-corrected chi connectivity index (χ2v) is 5.82. The van der Waals surface area contributed by atoms with E-state index in [0.29, 0.717) is 0 Å². The summed E-state index contributed by atoms with van der Waals surface area (Å²) in [4.78, 5) is 23.4. The molecule has 124 valence electrons. The molecule has 0 spiro atoms. The fourth-order valence-electron chi connectivity index (χ4n) is 2.41. The first-order valence-corrected chi connectivity index (χ1v) is 8.04. The normalized spacial score (nSPS) is 13.5. The lowest BCUT2D eigenvalue weighted by molar-refractivity contribution is -0.133. The maximum absolute atomic E-state index is 11.9. The highest BCUT2D eigenvalue weighted by Gasteiger charge is 2.29. The summed E-state index contributed by atoms with van der Waals surface area (Å²) < 4.78 is 5.82. The molecule has 3 rings (SSSR count). The molecule has 0 radical (unpaired) electrons. The summed E-state index contributed by atoms with van der Waals surface area (Å²) in [6.07, 6.45) is 1.45. The van der Waals surface area contributed by atoms with Gasteiger partial charge < -0.3 is 4.74 Å². The smallest absolute Gasteiger partial charge is 0.264 e. The molecule has 24 heavy (non-hydrogen) atoms. The number of nitrogens with one attached hydrogen (secondary N) is 2. The fourth-order valence-corrected chi connectivity index (χ4v) is 2.41. The maximum Gasteiger partial charge on any atom is 0.264 e. The highest BCUT2D eigenvalue weighted by atomic mass is 16.5. The minimum Gasteiger partial charge on any atom is -0.359 e. The van der Waals surface area contributed by atoms with Gasteiger partial charge in [-0.25, -0.2) is 0 Å². The van der Waals surface area contributed by atoms with Gasteiger partial charge in [0.05, 0.1) is 0 Å². The highest BCUT2D eigenvalue weighted by Crippen LogP contribution is 2.28. The van der Waals surface area contributed by atoms with Crippen molar-refractivity contribution in [2.45, 2.75) is 18.9 Å². The van der Waals surface area contributed by atoms with Crippen LogP contribution in [0.1, 0.15) is 30.1 Å². The molecule has 0 atom stereocenters. The van der Waals surface area contributed by atoms with Gasteiger partial charge in [-0.1, -0.05) is 60.7 Å². The molecule has 2 aromatic carbocycles. The zero-order valence-electron chi connectivity index (χ0n) is 13.3. The van der Waals surface area contributed by atoms with Crippen LogP contribution >= 0.6 is 0 Å². The van der Waals surface area contributed by atoms with E-state index in [1.807, 2.05) is 60.7 Å². The molecular weight excluding hydrogens is 304 g/mol. The van der Waals surface area contributed by atoms with E-state index in [0.717, 1.165) is 24.0 Å². The molecule has 2 amide bonds. The van der Waals surface area contributed by atoms with Crippen LogP contribution in [0.25, 0.3) is 0 Å². The first-order valence-electron chi connectivity index (χ1n) is 8.04. The standard InChI is InChI=1S/C19H20N2O3/c22-17(20-21-19(23)16-11-12-16)13-24-18(14-7-3-1-4-8-14)15-9-5-2-6-10-15/h1-10,16,18H,11-13H2,(H,20,22)(H,21,23). The zero-order valence-corrected chi connectivity index (χ0v) is 13.3. The van der Waals surface area contributed by atoms with Crippen LogP contribution in [0.5, 0.6) is 0 Å². The molecule has 0 aliphatic heterocycles. The quantitative estimate of drug-likeness (QED) is 0.802. The number of hydrazine groups is 1. The Balaban J connectivity index is 1.60.